The van der Waals surface area contributed by atoms with Gasteiger partial charge in [-0.2, -0.15) is 5.10 Å². The molecule has 0 N–H and O–H groups in total. The van der Waals surface area contributed by atoms with Crippen LogP contribution in [0.3, 0.4) is 0 Å². The minimum absolute atomic E-state index is 0.265. The molecule has 0 saturated heterocycles. The van der Waals surface area contributed by atoms with Gasteiger partial charge in [-0.25, -0.2) is 4.39 Å². The lowest BCUT2D eigenvalue weighted by atomic mass is 10.1. The number of halogens is 4. The summed E-state index contributed by atoms with van der Waals surface area (Å²) in [5, 5.41) is 5.28. The maximum absolute atomic E-state index is 14.3. The lowest BCUT2D eigenvalue weighted by molar-refractivity contribution is 0.587. The fourth-order valence-electron chi connectivity index (χ4n) is 3.07. The summed E-state index contributed by atoms with van der Waals surface area (Å²) >= 11 is 13.8. The fourth-order valence-corrected chi connectivity index (χ4v) is 4.23. The van der Waals surface area contributed by atoms with Crippen molar-refractivity contribution in [3.63, 3.8) is 0 Å². The quantitative estimate of drug-likeness (QED) is 0.271. The summed E-state index contributed by atoms with van der Waals surface area (Å²) in [5.41, 5.74) is 3.77. The molecule has 0 bridgehead atoms. The van der Waals surface area contributed by atoms with Crippen LogP contribution in [0.2, 0.25) is 5.02 Å². The Balaban J connectivity index is 1.90. The van der Waals surface area contributed by atoms with Crippen molar-refractivity contribution in [2.24, 2.45) is 0 Å². The van der Waals surface area contributed by atoms with E-state index in [1.165, 1.54) is 6.07 Å². The Morgan fingerprint density at radius 2 is 1.50 bits per heavy atom. The van der Waals surface area contributed by atoms with E-state index in [1.807, 2.05) is 54.6 Å². The van der Waals surface area contributed by atoms with Gasteiger partial charge in [0.05, 0.1) is 17.3 Å². The van der Waals surface area contributed by atoms with Gasteiger partial charge in [-0.1, -0.05) is 85.9 Å². The van der Waals surface area contributed by atoms with E-state index >= 15 is 0 Å². The summed E-state index contributed by atoms with van der Waals surface area (Å²) in [6.45, 7) is 0.280. The van der Waals surface area contributed by atoms with Crippen LogP contribution < -0.4 is 0 Å². The lowest BCUT2D eigenvalue weighted by Crippen LogP contribution is -2.05. The van der Waals surface area contributed by atoms with Crippen LogP contribution in [-0.4, -0.2) is 9.78 Å². The van der Waals surface area contributed by atoms with Gasteiger partial charge in [-0.3, -0.25) is 4.68 Å². The summed E-state index contributed by atoms with van der Waals surface area (Å²) in [6.07, 6.45) is 0. The van der Waals surface area contributed by atoms with Gasteiger partial charge in [-0.05, 0) is 30.3 Å². The van der Waals surface area contributed by atoms with Gasteiger partial charge in [0.1, 0.15) is 11.5 Å². The Morgan fingerprint density at radius 3 is 2.18 bits per heavy atom. The number of benzene rings is 3. The molecular formula is C22H14Br2ClFN2. The van der Waals surface area contributed by atoms with Gasteiger partial charge in [0, 0.05) is 25.6 Å². The molecule has 1 heterocycles. The Labute approximate surface area is 184 Å². The van der Waals surface area contributed by atoms with Crippen LogP contribution in [-0.2, 0) is 6.54 Å². The van der Waals surface area contributed by atoms with E-state index in [2.05, 4.69) is 31.9 Å². The first-order chi connectivity index (χ1) is 13.5. The second kappa shape index (κ2) is 8.19. The summed E-state index contributed by atoms with van der Waals surface area (Å²) in [4.78, 5) is 0. The molecule has 4 aromatic rings. The van der Waals surface area contributed by atoms with Gasteiger partial charge in [0.2, 0.25) is 0 Å². The van der Waals surface area contributed by atoms with Crippen molar-refractivity contribution in [1.82, 2.24) is 9.78 Å². The van der Waals surface area contributed by atoms with E-state index in [0.29, 0.717) is 16.3 Å². The van der Waals surface area contributed by atoms with Crippen molar-refractivity contribution in [2.75, 3.05) is 0 Å². The zero-order valence-electron chi connectivity index (χ0n) is 14.5. The molecule has 0 radical (unpaired) electrons. The summed E-state index contributed by atoms with van der Waals surface area (Å²) < 4.78 is 17.9. The summed E-state index contributed by atoms with van der Waals surface area (Å²) in [6, 6.07) is 22.3. The Morgan fingerprint density at radius 1 is 0.857 bits per heavy atom. The standard InChI is InChI=1S/C22H14Br2ClFN2/c23-17-8-3-6-14(11-17)21-20(25)22(15-7-4-9-18(24)12-15)28(27-21)13-16-5-1-2-10-19(16)26/h1-12H,13H2. The first kappa shape index (κ1) is 19.4. The van der Waals surface area contributed by atoms with Gasteiger partial charge in [-0.15, -0.1) is 0 Å². The van der Waals surface area contributed by atoms with E-state index < -0.39 is 0 Å². The molecule has 0 aliphatic heterocycles. The van der Waals surface area contributed by atoms with E-state index in [1.54, 1.807) is 16.8 Å². The highest BCUT2D eigenvalue weighted by Crippen LogP contribution is 2.38. The maximum atomic E-state index is 14.3. The number of hydrogen-bond donors (Lipinski definition) is 0. The maximum Gasteiger partial charge on any atom is 0.128 e. The first-order valence-electron chi connectivity index (χ1n) is 8.54. The van der Waals surface area contributed by atoms with Gasteiger partial charge in [0.15, 0.2) is 0 Å². The summed E-state index contributed by atoms with van der Waals surface area (Å²) in [7, 11) is 0. The molecule has 0 amide bonds. The van der Waals surface area contributed by atoms with Gasteiger partial charge in [0.25, 0.3) is 0 Å². The van der Waals surface area contributed by atoms with E-state index in [4.69, 9.17) is 16.7 Å². The molecule has 1 aromatic heterocycles. The largest absolute Gasteiger partial charge is 0.258 e. The number of hydrogen-bond acceptors (Lipinski definition) is 1. The number of nitrogens with zero attached hydrogens (tertiary/aromatic N) is 2. The van der Waals surface area contributed by atoms with Gasteiger partial charge >= 0.3 is 0 Å². The van der Waals surface area contributed by atoms with E-state index in [9.17, 15) is 4.39 Å². The molecule has 0 atom stereocenters. The van der Waals surface area contributed by atoms with Crippen molar-refractivity contribution in [3.8, 4) is 22.5 Å². The molecular weight excluding hydrogens is 507 g/mol. The van der Waals surface area contributed by atoms with Crippen molar-refractivity contribution in [1.29, 1.82) is 0 Å². The average molecular weight is 521 g/mol. The SMILES string of the molecule is Fc1ccccc1Cn1nc(-c2cccc(Br)c2)c(Cl)c1-c1cccc(Br)c1. The van der Waals surface area contributed by atoms with Crippen molar-refractivity contribution >= 4 is 43.5 Å². The normalized spacial score (nSPS) is 11.0. The molecule has 0 aliphatic rings. The van der Waals surface area contributed by atoms with Crippen LogP contribution in [0.25, 0.3) is 22.5 Å². The second-order valence-electron chi connectivity index (χ2n) is 6.28. The molecule has 0 fully saturated rings. The smallest absolute Gasteiger partial charge is 0.128 e. The van der Waals surface area contributed by atoms with Crippen LogP contribution in [0.15, 0.2) is 81.7 Å². The highest BCUT2D eigenvalue weighted by atomic mass is 79.9. The zero-order valence-corrected chi connectivity index (χ0v) is 18.5. The summed E-state index contributed by atoms with van der Waals surface area (Å²) in [5.74, 6) is -0.265. The molecule has 28 heavy (non-hydrogen) atoms. The first-order valence-corrected chi connectivity index (χ1v) is 10.5. The Bertz CT molecular complexity index is 1160. The molecule has 0 saturated carbocycles. The van der Waals surface area contributed by atoms with E-state index in [-0.39, 0.29) is 12.4 Å². The Kier molecular flexibility index (Phi) is 5.67. The molecule has 3 aromatic carbocycles. The number of rotatable bonds is 4. The van der Waals surface area contributed by atoms with Crippen LogP contribution >= 0.6 is 43.5 Å². The molecule has 2 nitrogen and oxygen atoms in total. The predicted molar refractivity (Wildman–Crippen MR) is 119 cm³/mol. The lowest BCUT2D eigenvalue weighted by Gasteiger charge is -2.09. The van der Waals surface area contributed by atoms with Crippen molar-refractivity contribution in [3.05, 3.63) is 98.1 Å². The van der Waals surface area contributed by atoms with Crippen molar-refractivity contribution in [2.45, 2.75) is 6.54 Å². The fraction of sp³-hybridized carbons (Fsp3) is 0.0455. The van der Waals surface area contributed by atoms with Crippen LogP contribution in [0.5, 0.6) is 0 Å². The molecule has 0 spiro atoms. The van der Waals surface area contributed by atoms with Crippen LogP contribution in [0.4, 0.5) is 4.39 Å². The third-order valence-corrected chi connectivity index (χ3v) is 5.71. The average Bonchev–Trinajstić information content (AvgIpc) is 3.00. The minimum Gasteiger partial charge on any atom is -0.258 e. The topological polar surface area (TPSA) is 17.8 Å². The van der Waals surface area contributed by atoms with Crippen LogP contribution in [0, 0.1) is 5.82 Å². The molecule has 6 heteroatoms. The monoisotopic (exact) mass is 518 g/mol. The number of aromatic nitrogens is 2. The minimum atomic E-state index is -0.265. The van der Waals surface area contributed by atoms with Gasteiger partial charge < -0.3 is 0 Å². The zero-order chi connectivity index (χ0) is 19.7. The van der Waals surface area contributed by atoms with Crippen LogP contribution in [0.1, 0.15) is 5.56 Å². The predicted octanol–water partition coefficient (Wildman–Crippen LogP) is 7.58. The molecule has 4 rings (SSSR count). The van der Waals surface area contributed by atoms with Crippen molar-refractivity contribution < 1.29 is 4.39 Å². The highest BCUT2D eigenvalue weighted by Gasteiger charge is 2.20. The third kappa shape index (κ3) is 3.93. The highest BCUT2D eigenvalue weighted by molar-refractivity contribution is 9.10. The molecule has 0 aliphatic carbocycles. The molecule has 140 valence electrons. The third-order valence-electron chi connectivity index (χ3n) is 4.37. The Hall–Kier alpha value is -1.95. The van der Waals surface area contributed by atoms with E-state index in [0.717, 1.165) is 25.8 Å². The molecule has 0 unspecified atom stereocenters. The second-order valence-corrected chi connectivity index (χ2v) is 8.49.